The molecule has 2 amide bonds. The summed E-state index contributed by atoms with van der Waals surface area (Å²) >= 11 is 0. The molecule has 3 rings (SSSR count). The minimum absolute atomic E-state index is 0.0850. The lowest BCUT2D eigenvalue weighted by molar-refractivity contribution is -0.122. The van der Waals surface area contributed by atoms with Crippen LogP contribution in [0.25, 0.3) is 5.82 Å². The van der Waals surface area contributed by atoms with Gasteiger partial charge >= 0.3 is 0 Å². The summed E-state index contributed by atoms with van der Waals surface area (Å²) in [6, 6.07) is 5.08. The van der Waals surface area contributed by atoms with Crippen molar-refractivity contribution in [2.45, 2.75) is 32.7 Å². The van der Waals surface area contributed by atoms with E-state index in [2.05, 4.69) is 20.7 Å². The first-order chi connectivity index (χ1) is 10.5. The first-order valence-electron chi connectivity index (χ1n) is 7.13. The van der Waals surface area contributed by atoms with Crippen molar-refractivity contribution in [1.29, 1.82) is 0 Å². The van der Waals surface area contributed by atoms with Crippen LogP contribution in [0.2, 0.25) is 0 Å². The normalized spacial score (nSPS) is 17.4. The number of anilines is 1. The minimum Gasteiger partial charge on any atom is -0.344 e. The van der Waals surface area contributed by atoms with E-state index in [9.17, 15) is 9.59 Å². The van der Waals surface area contributed by atoms with Gasteiger partial charge in [0, 0.05) is 12.1 Å². The van der Waals surface area contributed by atoms with E-state index in [1.54, 1.807) is 23.0 Å². The SMILES string of the molecule is Cc1cc(C)n(-c2ccc(NC(=O)[C@@H]3CCC(=O)N3)cn2)n1. The largest absolute Gasteiger partial charge is 0.344 e. The third kappa shape index (κ3) is 2.83. The van der Waals surface area contributed by atoms with Gasteiger partial charge in [-0.3, -0.25) is 9.59 Å². The van der Waals surface area contributed by atoms with Crippen LogP contribution < -0.4 is 10.6 Å². The second-order valence-corrected chi connectivity index (χ2v) is 5.39. The number of aromatic nitrogens is 3. The summed E-state index contributed by atoms with van der Waals surface area (Å²) in [5, 5.41) is 9.75. The maximum absolute atomic E-state index is 12.0. The van der Waals surface area contributed by atoms with E-state index >= 15 is 0 Å². The summed E-state index contributed by atoms with van der Waals surface area (Å²) < 4.78 is 1.75. The predicted molar refractivity (Wildman–Crippen MR) is 80.6 cm³/mol. The second kappa shape index (κ2) is 5.59. The number of nitrogens with zero attached hydrogens (tertiary/aromatic N) is 3. The third-order valence-electron chi connectivity index (χ3n) is 3.55. The Morgan fingerprint density at radius 1 is 1.41 bits per heavy atom. The highest BCUT2D eigenvalue weighted by Gasteiger charge is 2.27. The van der Waals surface area contributed by atoms with E-state index in [0.29, 0.717) is 24.3 Å². The highest BCUT2D eigenvalue weighted by Crippen LogP contribution is 2.14. The fraction of sp³-hybridized carbons (Fsp3) is 0.333. The van der Waals surface area contributed by atoms with Gasteiger partial charge in [-0.15, -0.1) is 0 Å². The van der Waals surface area contributed by atoms with Gasteiger partial charge in [0.2, 0.25) is 11.8 Å². The zero-order chi connectivity index (χ0) is 15.7. The monoisotopic (exact) mass is 299 g/mol. The van der Waals surface area contributed by atoms with Crippen molar-refractivity contribution in [2.24, 2.45) is 0 Å². The Labute approximate surface area is 127 Å². The van der Waals surface area contributed by atoms with Crippen LogP contribution in [0.15, 0.2) is 24.4 Å². The molecule has 1 saturated heterocycles. The van der Waals surface area contributed by atoms with Crippen LogP contribution >= 0.6 is 0 Å². The molecular weight excluding hydrogens is 282 g/mol. The summed E-state index contributed by atoms with van der Waals surface area (Å²) in [5.74, 6) is 0.391. The summed E-state index contributed by atoms with van der Waals surface area (Å²) in [6.07, 6.45) is 2.51. The fourth-order valence-electron chi connectivity index (χ4n) is 2.49. The number of rotatable bonds is 3. The number of hydrogen-bond acceptors (Lipinski definition) is 4. The van der Waals surface area contributed by atoms with Crippen molar-refractivity contribution in [3.8, 4) is 5.82 Å². The molecule has 0 unspecified atom stereocenters. The van der Waals surface area contributed by atoms with Gasteiger partial charge in [0.05, 0.1) is 17.6 Å². The molecule has 1 atom stereocenters. The molecule has 7 nitrogen and oxygen atoms in total. The van der Waals surface area contributed by atoms with Gasteiger partial charge in [0.25, 0.3) is 0 Å². The molecule has 2 N–H and O–H groups in total. The number of amides is 2. The lowest BCUT2D eigenvalue weighted by Gasteiger charge is -2.11. The van der Waals surface area contributed by atoms with E-state index in [0.717, 1.165) is 11.4 Å². The van der Waals surface area contributed by atoms with E-state index in [1.165, 1.54) is 0 Å². The topological polar surface area (TPSA) is 88.9 Å². The van der Waals surface area contributed by atoms with Crippen molar-refractivity contribution < 1.29 is 9.59 Å². The summed E-state index contributed by atoms with van der Waals surface area (Å²) in [4.78, 5) is 27.5. The Morgan fingerprint density at radius 3 is 2.77 bits per heavy atom. The maximum atomic E-state index is 12.0. The number of hydrogen-bond donors (Lipinski definition) is 2. The molecule has 0 aliphatic carbocycles. The molecule has 2 aromatic rings. The Morgan fingerprint density at radius 2 is 2.23 bits per heavy atom. The minimum atomic E-state index is -0.455. The van der Waals surface area contributed by atoms with Crippen LogP contribution in [-0.4, -0.2) is 32.6 Å². The van der Waals surface area contributed by atoms with E-state index in [4.69, 9.17) is 0 Å². The lowest BCUT2D eigenvalue weighted by Crippen LogP contribution is -2.37. The zero-order valence-electron chi connectivity index (χ0n) is 12.5. The van der Waals surface area contributed by atoms with Gasteiger partial charge in [0.1, 0.15) is 6.04 Å². The first kappa shape index (κ1) is 14.2. The van der Waals surface area contributed by atoms with Crippen molar-refractivity contribution in [3.63, 3.8) is 0 Å². The standard InChI is InChI=1S/C15H17N5O2/c1-9-7-10(2)20(19-9)13-5-3-11(8-16-13)17-15(22)12-4-6-14(21)18-12/h3,5,7-8,12H,4,6H2,1-2H3,(H,17,22)(H,18,21)/t12-/m0/s1. The second-order valence-electron chi connectivity index (χ2n) is 5.39. The van der Waals surface area contributed by atoms with E-state index in [1.807, 2.05) is 19.9 Å². The average Bonchev–Trinajstić information content (AvgIpc) is 3.05. The molecular formula is C15H17N5O2. The van der Waals surface area contributed by atoms with Crippen molar-refractivity contribution >= 4 is 17.5 Å². The number of carbonyl (C=O) groups excluding carboxylic acids is 2. The van der Waals surface area contributed by atoms with Crippen LogP contribution in [0.3, 0.4) is 0 Å². The number of pyridine rings is 1. The molecule has 2 aromatic heterocycles. The Kier molecular flexibility index (Phi) is 3.62. The summed E-state index contributed by atoms with van der Waals surface area (Å²) in [7, 11) is 0. The van der Waals surface area contributed by atoms with Crippen molar-refractivity contribution in [2.75, 3.05) is 5.32 Å². The van der Waals surface area contributed by atoms with Crippen LogP contribution in [0.1, 0.15) is 24.2 Å². The molecule has 1 aliphatic heterocycles. The first-order valence-corrected chi connectivity index (χ1v) is 7.13. The molecule has 0 radical (unpaired) electrons. The van der Waals surface area contributed by atoms with Crippen LogP contribution in [0.4, 0.5) is 5.69 Å². The quantitative estimate of drug-likeness (QED) is 0.888. The molecule has 0 spiro atoms. The molecule has 0 saturated carbocycles. The highest BCUT2D eigenvalue weighted by atomic mass is 16.2. The van der Waals surface area contributed by atoms with Crippen LogP contribution in [0.5, 0.6) is 0 Å². The van der Waals surface area contributed by atoms with E-state index in [-0.39, 0.29) is 11.8 Å². The summed E-state index contributed by atoms with van der Waals surface area (Å²) in [6.45, 7) is 3.88. The fourth-order valence-corrected chi connectivity index (χ4v) is 2.49. The number of aryl methyl sites for hydroxylation is 2. The maximum Gasteiger partial charge on any atom is 0.247 e. The molecule has 3 heterocycles. The van der Waals surface area contributed by atoms with Crippen molar-refractivity contribution in [3.05, 3.63) is 35.8 Å². The molecule has 114 valence electrons. The average molecular weight is 299 g/mol. The molecule has 0 bridgehead atoms. The van der Waals surface area contributed by atoms with Crippen LogP contribution in [-0.2, 0) is 9.59 Å². The van der Waals surface area contributed by atoms with Gasteiger partial charge in [-0.1, -0.05) is 0 Å². The smallest absolute Gasteiger partial charge is 0.247 e. The molecule has 22 heavy (non-hydrogen) atoms. The summed E-state index contributed by atoms with van der Waals surface area (Å²) in [5.41, 5.74) is 2.51. The molecule has 0 aromatic carbocycles. The number of carbonyl (C=O) groups is 2. The predicted octanol–water partition coefficient (Wildman–Crippen LogP) is 1.10. The molecule has 7 heteroatoms. The Hall–Kier alpha value is -2.70. The lowest BCUT2D eigenvalue weighted by atomic mass is 10.2. The third-order valence-corrected chi connectivity index (χ3v) is 3.55. The highest BCUT2D eigenvalue weighted by molar-refractivity contribution is 5.98. The van der Waals surface area contributed by atoms with Gasteiger partial charge in [-0.2, -0.15) is 5.10 Å². The molecule has 1 aliphatic rings. The van der Waals surface area contributed by atoms with Gasteiger partial charge in [-0.25, -0.2) is 9.67 Å². The van der Waals surface area contributed by atoms with Crippen molar-refractivity contribution in [1.82, 2.24) is 20.1 Å². The molecule has 1 fully saturated rings. The van der Waals surface area contributed by atoms with Gasteiger partial charge in [-0.05, 0) is 38.5 Å². The zero-order valence-corrected chi connectivity index (χ0v) is 12.5. The van der Waals surface area contributed by atoms with Gasteiger partial charge in [0.15, 0.2) is 5.82 Å². The number of nitrogens with one attached hydrogen (secondary N) is 2. The Bertz CT molecular complexity index is 720. The van der Waals surface area contributed by atoms with E-state index < -0.39 is 6.04 Å². The Balaban J connectivity index is 1.70. The van der Waals surface area contributed by atoms with Crippen LogP contribution in [0, 0.1) is 13.8 Å². The van der Waals surface area contributed by atoms with Gasteiger partial charge < -0.3 is 10.6 Å².